The van der Waals surface area contributed by atoms with Crippen molar-refractivity contribution < 1.29 is 18.7 Å². The second kappa shape index (κ2) is 6.65. The molecule has 0 aliphatic heterocycles. The van der Waals surface area contributed by atoms with Crippen LogP contribution in [-0.2, 0) is 0 Å². The fourth-order valence-electron chi connectivity index (χ4n) is 1.76. The van der Waals surface area contributed by atoms with Crippen LogP contribution in [0.4, 0.5) is 8.78 Å². The maximum absolute atomic E-state index is 12.9. The standard InChI is InChI=1S/C15H12ClF2NO2/c16-13-7-11(18)5-6-12(13)15(21)19-8-14(20)9-1-3-10(17)4-2-9/h1-7,14,20H,8H2,(H,19,21). The minimum Gasteiger partial charge on any atom is -0.387 e. The lowest BCUT2D eigenvalue weighted by atomic mass is 10.1. The summed E-state index contributed by atoms with van der Waals surface area (Å²) >= 11 is 5.77. The summed E-state index contributed by atoms with van der Waals surface area (Å²) in [6, 6.07) is 8.71. The lowest BCUT2D eigenvalue weighted by Crippen LogP contribution is -2.28. The average molecular weight is 312 g/mol. The molecule has 1 amide bonds. The highest BCUT2D eigenvalue weighted by molar-refractivity contribution is 6.33. The van der Waals surface area contributed by atoms with Crippen molar-refractivity contribution in [3.63, 3.8) is 0 Å². The van der Waals surface area contributed by atoms with E-state index in [2.05, 4.69) is 5.32 Å². The number of aliphatic hydroxyl groups excluding tert-OH is 1. The van der Waals surface area contributed by atoms with Crippen LogP contribution in [0.3, 0.4) is 0 Å². The molecule has 0 bridgehead atoms. The third-order valence-electron chi connectivity index (χ3n) is 2.89. The highest BCUT2D eigenvalue weighted by Gasteiger charge is 2.13. The van der Waals surface area contributed by atoms with Crippen LogP contribution in [0.2, 0.25) is 5.02 Å². The first-order chi connectivity index (χ1) is 9.97. The van der Waals surface area contributed by atoms with Crippen molar-refractivity contribution in [2.24, 2.45) is 0 Å². The Hall–Kier alpha value is -1.98. The van der Waals surface area contributed by atoms with Gasteiger partial charge in [-0.2, -0.15) is 0 Å². The van der Waals surface area contributed by atoms with Gasteiger partial charge in [-0.1, -0.05) is 23.7 Å². The second-order valence-corrected chi connectivity index (χ2v) is 4.81. The van der Waals surface area contributed by atoms with E-state index in [1.165, 1.54) is 30.3 Å². The number of carbonyl (C=O) groups is 1. The van der Waals surface area contributed by atoms with Gasteiger partial charge in [0, 0.05) is 6.54 Å². The third-order valence-corrected chi connectivity index (χ3v) is 3.20. The van der Waals surface area contributed by atoms with Crippen LogP contribution in [0.5, 0.6) is 0 Å². The molecule has 0 saturated carbocycles. The largest absolute Gasteiger partial charge is 0.387 e. The Morgan fingerprint density at radius 1 is 1.14 bits per heavy atom. The summed E-state index contributed by atoms with van der Waals surface area (Å²) in [5, 5.41) is 12.4. The Bertz CT molecular complexity index is 647. The average Bonchev–Trinajstić information content (AvgIpc) is 2.45. The van der Waals surface area contributed by atoms with E-state index in [1.807, 2.05) is 0 Å². The third kappa shape index (κ3) is 4.00. The fourth-order valence-corrected chi connectivity index (χ4v) is 2.01. The number of nitrogens with one attached hydrogen (secondary N) is 1. The number of aliphatic hydroxyl groups is 1. The molecule has 0 saturated heterocycles. The van der Waals surface area contributed by atoms with Crippen LogP contribution < -0.4 is 5.32 Å². The molecule has 2 rings (SSSR count). The molecule has 0 spiro atoms. The lowest BCUT2D eigenvalue weighted by molar-refractivity contribution is 0.0916. The van der Waals surface area contributed by atoms with Crippen molar-refractivity contribution in [1.29, 1.82) is 0 Å². The van der Waals surface area contributed by atoms with Gasteiger partial charge in [0.15, 0.2) is 0 Å². The zero-order valence-electron chi connectivity index (χ0n) is 10.8. The van der Waals surface area contributed by atoms with Gasteiger partial charge < -0.3 is 10.4 Å². The van der Waals surface area contributed by atoms with Gasteiger partial charge in [-0.05, 0) is 35.9 Å². The normalized spacial score (nSPS) is 12.0. The van der Waals surface area contributed by atoms with Crippen molar-refractivity contribution in [3.8, 4) is 0 Å². The van der Waals surface area contributed by atoms with Crippen LogP contribution in [0, 0.1) is 11.6 Å². The van der Waals surface area contributed by atoms with E-state index in [9.17, 15) is 18.7 Å². The molecule has 0 aromatic heterocycles. The molecule has 21 heavy (non-hydrogen) atoms. The van der Waals surface area contributed by atoms with Gasteiger partial charge in [0.25, 0.3) is 5.91 Å². The number of benzene rings is 2. The molecule has 1 atom stereocenters. The number of halogens is 3. The minimum atomic E-state index is -0.978. The predicted octanol–water partition coefficient (Wildman–Crippen LogP) is 3.08. The van der Waals surface area contributed by atoms with Gasteiger partial charge in [-0.25, -0.2) is 8.78 Å². The van der Waals surface area contributed by atoms with Crippen molar-refractivity contribution in [1.82, 2.24) is 5.32 Å². The van der Waals surface area contributed by atoms with E-state index in [1.54, 1.807) is 0 Å². The number of hydrogen-bond donors (Lipinski definition) is 2. The lowest BCUT2D eigenvalue weighted by Gasteiger charge is -2.12. The zero-order valence-corrected chi connectivity index (χ0v) is 11.6. The second-order valence-electron chi connectivity index (χ2n) is 4.40. The summed E-state index contributed by atoms with van der Waals surface area (Å²) < 4.78 is 25.7. The van der Waals surface area contributed by atoms with E-state index >= 15 is 0 Å². The molecule has 0 fully saturated rings. The molecule has 0 aliphatic rings. The summed E-state index contributed by atoms with van der Waals surface area (Å²) in [5.74, 6) is -1.47. The highest BCUT2D eigenvalue weighted by Crippen LogP contribution is 2.18. The van der Waals surface area contributed by atoms with Crippen LogP contribution in [-0.4, -0.2) is 17.6 Å². The molecular formula is C15H12ClF2NO2. The molecule has 2 aromatic carbocycles. The monoisotopic (exact) mass is 311 g/mol. The Balaban J connectivity index is 1.99. The molecule has 0 aliphatic carbocycles. The SMILES string of the molecule is O=C(NCC(O)c1ccc(F)cc1)c1ccc(F)cc1Cl. The van der Waals surface area contributed by atoms with E-state index in [-0.39, 0.29) is 17.1 Å². The molecule has 110 valence electrons. The first-order valence-corrected chi connectivity index (χ1v) is 6.52. The van der Waals surface area contributed by atoms with Gasteiger partial charge in [-0.3, -0.25) is 4.79 Å². The Labute approximate surface area is 125 Å². The summed E-state index contributed by atoms with van der Waals surface area (Å²) in [4.78, 5) is 11.9. The summed E-state index contributed by atoms with van der Waals surface area (Å²) in [6.45, 7) is -0.0713. The van der Waals surface area contributed by atoms with Crippen molar-refractivity contribution in [2.45, 2.75) is 6.10 Å². The van der Waals surface area contributed by atoms with Crippen molar-refractivity contribution in [2.75, 3.05) is 6.54 Å². The summed E-state index contributed by atoms with van der Waals surface area (Å²) in [5.41, 5.74) is 0.589. The molecule has 3 nitrogen and oxygen atoms in total. The van der Waals surface area contributed by atoms with Crippen LogP contribution in [0.25, 0.3) is 0 Å². The first kappa shape index (κ1) is 15.4. The maximum atomic E-state index is 12.9. The Morgan fingerprint density at radius 2 is 1.76 bits per heavy atom. The Morgan fingerprint density at radius 3 is 2.38 bits per heavy atom. The first-order valence-electron chi connectivity index (χ1n) is 6.14. The minimum absolute atomic E-state index is 0.0104. The van der Waals surface area contributed by atoms with E-state index in [0.717, 1.165) is 12.1 Å². The molecule has 1 unspecified atom stereocenters. The number of carbonyl (C=O) groups excluding carboxylic acids is 1. The molecule has 0 heterocycles. The Kier molecular flexibility index (Phi) is 4.88. The number of amides is 1. The van der Waals surface area contributed by atoms with E-state index < -0.39 is 23.6 Å². The molecule has 6 heteroatoms. The zero-order chi connectivity index (χ0) is 15.4. The van der Waals surface area contributed by atoms with Gasteiger partial charge >= 0.3 is 0 Å². The molecule has 2 N–H and O–H groups in total. The number of rotatable bonds is 4. The summed E-state index contributed by atoms with van der Waals surface area (Å²) in [6.07, 6.45) is -0.978. The van der Waals surface area contributed by atoms with Crippen molar-refractivity contribution in [3.05, 3.63) is 70.2 Å². The van der Waals surface area contributed by atoms with Gasteiger partial charge in [0.05, 0.1) is 16.7 Å². The molecule has 2 aromatic rings. The smallest absolute Gasteiger partial charge is 0.252 e. The summed E-state index contributed by atoms with van der Waals surface area (Å²) in [7, 11) is 0. The maximum Gasteiger partial charge on any atom is 0.252 e. The number of hydrogen-bond acceptors (Lipinski definition) is 2. The predicted molar refractivity (Wildman–Crippen MR) is 75.1 cm³/mol. The topological polar surface area (TPSA) is 49.3 Å². The van der Waals surface area contributed by atoms with Crippen molar-refractivity contribution >= 4 is 17.5 Å². The van der Waals surface area contributed by atoms with Gasteiger partial charge in [0.1, 0.15) is 11.6 Å². The molecular weight excluding hydrogens is 300 g/mol. The van der Waals surface area contributed by atoms with Crippen LogP contribution in [0.1, 0.15) is 22.0 Å². The van der Waals surface area contributed by atoms with Gasteiger partial charge in [-0.15, -0.1) is 0 Å². The van der Waals surface area contributed by atoms with Crippen LogP contribution in [0.15, 0.2) is 42.5 Å². The fraction of sp³-hybridized carbons (Fsp3) is 0.133. The quantitative estimate of drug-likeness (QED) is 0.911. The van der Waals surface area contributed by atoms with Gasteiger partial charge in [0.2, 0.25) is 0 Å². The van der Waals surface area contributed by atoms with Crippen LogP contribution >= 0.6 is 11.6 Å². The van der Waals surface area contributed by atoms with E-state index in [0.29, 0.717) is 5.56 Å². The molecule has 0 radical (unpaired) electrons. The van der Waals surface area contributed by atoms with E-state index in [4.69, 9.17) is 11.6 Å². The highest BCUT2D eigenvalue weighted by atomic mass is 35.5.